The normalized spacial score (nSPS) is 11.8. The lowest BCUT2D eigenvalue weighted by molar-refractivity contribution is 0.581. The van der Waals surface area contributed by atoms with Crippen molar-refractivity contribution in [1.29, 1.82) is 0 Å². The van der Waals surface area contributed by atoms with Crippen molar-refractivity contribution >= 4 is 44.6 Å². The Morgan fingerprint density at radius 1 is 1.24 bits per heavy atom. The molecule has 0 aliphatic heterocycles. The SMILES string of the molecule is CNCc1cc(S(=O)(=O)NCc2cncs2)c(Cl)cc1Cl. The van der Waals surface area contributed by atoms with Crippen molar-refractivity contribution in [3.05, 3.63) is 44.3 Å². The van der Waals surface area contributed by atoms with Crippen LogP contribution in [0.1, 0.15) is 10.4 Å². The van der Waals surface area contributed by atoms with Crippen LogP contribution in [-0.2, 0) is 23.1 Å². The van der Waals surface area contributed by atoms with Gasteiger partial charge in [0.2, 0.25) is 10.0 Å². The number of nitrogens with one attached hydrogen (secondary N) is 2. The van der Waals surface area contributed by atoms with Crippen molar-refractivity contribution in [3.63, 3.8) is 0 Å². The number of nitrogens with zero attached hydrogens (tertiary/aromatic N) is 1. The van der Waals surface area contributed by atoms with Crippen molar-refractivity contribution in [3.8, 4) is 0 Å². The summed E-state index contributed by atoms with van der Waals surface area (Å²) >= 11 is 13.4. The van der Waals surface area contributed by atoms with Crippen LogP contribution in [0.4, 0.5) is 0 Å². The fraction of sp³-hybridized carbons (Fsp3) is 0.250. The van der Waals surface area contributed by atoms with Gasteiger partial charge in [-0.05, 0) is 24.7 Å². The second-order valence-electron chi connectivity index (χ2n) is 4.20. The van der Waals surface area contributed by atoms with Gasteiger partial charge in [0.25, 0.3) is 0 Å². The highest BCUT2D eigenvalue weighted by atomic mass is 35.5. The van der Waals surface area contributed by atoms with E-state index in [0.29, 0.717) is 17.1 Å². The quantitative estimate of drug-likeness (QED) is 0.825. The van der Waals surface area contributed by atoms with E-state index < -0.39 is 10.0 Å². The number of benzene rings is 1. The van der Waals surface area contributed by atoms with Gasteiger partial charge in [-0.25, -0.2) is 13.1 Å². The van der Waals surface area contributed by atoms with E-state index in [0.717, 1.165) is 4.88 Å². The molecule has 0 radical (unpaired) electrons. The van der Waals surface area contributed by atoms with E-state index >= 15 is 0 Å². The lowest BCUT2D eigenvalue weighted by Gasteiger charge is -2.11. The predicted octanol–water partition coefficient (Wildman–Crippen LogP) is 2.65. The topological polar surface area (TPSA) is 71.1 Å². The van der Waals surface area contributed by atoms with Crippen LogP contribution in [0.3, 0.4) is 0 Å². The highest BCUT2D eigenvalue weighted by Crippen LogP contribution is 2.28. The first-order chi connectivity index (χ1) is 9.94. The Labute approximate surface area is 137 Å². The molecule has 5 nitrogen and oxygen atoms in total. The molecule has 21 heavy (non-hydrogen) atoms. The first-order valence-corrected chi connectivity index (χ1v) is 9.05. The molecule has 0 atom stereocenters. The molecule has 9 heteroatoms. The molecule has 1 heterocycles. The summed E-state index contributed by atoms with van der Waals surface area (Å²) in [7, 11) is -1.96. The molecule has 0 aliphatic carbocycles. The van der Waals surface area contributed by atoms with Crippen molar-refractivity contribution in [2.75, 3.05) is 7.05 Å². The van der Waals surface area contributed by atoms with Gasteiger partial charge in [0, 0.05) is 29.2 Å². The third-order valence-corrected chi connectivity index (χ3v) is 5.67. The Balaban J connectivity index is 2.28. The molecule has 0 saturated heterocycles. The van der Waals surface area contributed by atoms with Crippen LogP contribution in [-0.4, -0.2) is 20.4 Å². The van der Waals surface area contributed by atoms with Crippen LogP contribution in [0.2, 0.25) is 10.0 Å². The molecule has 0 unspecified atom stereocenters. The number of hydrogen-bond acceptors (Lipinski definition) is 5. The van der Waals surface area contributed by atoms with Gasteiger partial charge in [-0.3, -0.25) is 4.98 Å². The molecule has 0 saturated carbocycles. The van der Waals surface area contributed by atoms with Gasteiger partial charge >= 0.3 is 0 Å². The Hall–Kier alpha value is -0.700. The zero-order valence-electron chi connectivity index (χ0n) is 11.1. The number of halogens is 2. The van der Waals surface area contributed by atoms with Crippen LogP contribution in [0.25, 0.3) is 0 Å². The summed E-state index contributed by atoms with van der Waals surface area (Å²) < 4.78 is 27.2. The number of rotatable bonds is 6. The van der Waals surface area contributed by atoms with Crippen LogP contribution < -0.4 is 10.0 Å². The first-order valence-electron chi connectivity index (χ1n) is 5.93. The Bertz CT molecular complexity index is 718. The summed E-state index contributed by atoms with van der Waals surface area (Å²) in [6, 6.07) is 2.92. The van der Waals surface area contributed by atoms with Crippen LogP contribution >= 0.6 is 34.5 Å². The smallest absolute Gasteiger partial charge is 0.242 e. The Kier molecular flexibility index (Phi) is 5.59. The second-order valence-corrected chi connectivity index (χ2v) is 7.72. The molecule has 1 aromatic carbocycles. The van der Waals surface area contributed by atoms with E-state index in [-0.39, 0.29) is 16.5 Å². The van der Waals surface area contributed by atoms with Gasteiger partial charge in [-0.2, -0.15) is 0 Å². The lowest BCUT2D eigenvalue weighted by Crippen LogP contribution is -2.23. The summed E-state index contributed by atoms with van der Waals surface area (Å²) in [5.74, 6) is 0. The maximum absolute atomic E-state index is 12.3. The largest absolute Gasteiger partial charge is 0.316 e. The van der Waals surface area contributed by atoms with E-state index in [1.54, 1.807) is 18.8 Å². The molecule has 0 aliphatic rings. The van der Waals surface area contributed by atoms with E-state index in [2.05, 4.69) is 15.0 Å². The number of sulfonamides is 1. The van der Waals surface area contributed by atoms with Crippen molar-refractivity contribution in [2.24, 2.45) is 0 Å². The zero-order chi connectivity index (χ0) is 15.5. The molecule has 114 valence electrons. The van der Waals surface area contributed by atoms with Gasteiger partial charge in [-0.1, -0.05) is 23.2 Å². The van der Waals surface area contributed by atoms with E-state index in [1.165, 1.54) is 23.5 Å². The lowest BCUT2D eigenvalue weighted by atomic mass is 10.2. The summed E-state index contributed by atoms with van der Waals surface area (Å²) in [5.41, 5.74) is 2.31. The maximum Gasteiger partial charge on any atom is 0.242 e. The second kappa shape index (κ2) is 7.04. The van der Waals surface area contributed by atoms with Crippen LogP contribution in [0, 0.1) is 0 Å². The Morgan fingerprint density at radius 3 is 2.62 bits per heavy atom. The molecular formula is C12H13Cl2N3O2S2. The average Bonchev–Trinajstić information content (AvgIpc) is 2.93. The third-order valence-electron chi connectivity index (χ3n) is 2.68. The van der Waals surface area contributed by atoms with Crippen molar-refractivity contribution in [2.45, 2.75) is 18.0 Å². The van der Waals surface area contributed by atoms with Crippen molar-refractivity contribution in [1.82, 2.24) is 15.0 Å². The summed E-state index contributed by atoms with van der Waals surface area (Å²) in [6.45, 7) is 0.626. The molecule has 0 spiro atoms. The number of thiazole rings is 1. The monoisotopic (exact) mass is 365 g/mol. The summed E-state index contributed by atoms with van der Waals surface area (Å²) in [6.07, 6.45) is 1.61. The predicted molar refractivity (Wildman–Crippen MR) is 85.4 cm³/mol. The fourth-order valence-electron chi connectivity index (χ4n) is 1.68. The third kappa shape index (κ3) is 4.15. The Morgan fingerprint density at radius 2 is 2.00 bits per heavy atom. The highest BCUT2D eigenvalue weighted by Gasteiger charge is 2.20. The molecule has 0 bridgehead atoms. The molecule has 2 rings (SSSR count). The molecule has 2 N–H and O–H groups in total. The van der Waals surface area contributed by atoms with Crippen molar-refractivity contribution < 1.29 is 8.42 Å². The van der Waals surface area contributed by atoms with E-state index in [9.17, 15) is 8.42 Å². The molecule has 0 fully saturated rings. The summed E-state index contributed by atoms with van der Waals surface area (Å²) in [5, 5.41) is 3.45. The van der Waals surface area contributed by atoms with Crippen LogP contribution in [0.15, 0.2) is 28.7 Å². The molecule has 1 aromatic heterocycles. The van der Waals surface area contributed by atoms with Gasteiger partial charge in [0.05, 0.1) is 10.5 Å². The fourth-order valence-corrected chi connectivity index (χ4v) is 4.17. The van der Waals surface area contributed by atoms with Gasteiger partial charge in [-0.15, -0.1) is 11.3 Å². The molecular weight excluding hydrogens is 353 g/mol. The van der Waals surface area contributed by atoms with Gasteiger partial charge in [0.1, 0.15) is 4.90 Å². The molecule has 0 amide bonds. The zero-order valence-corrected chi connectivity index (χ0v) is 14.2. The average molecular weight is 366 g/mol. The van der Waals surface area contributed by atoms with E-state index in [4.69, 9.17) is 23.2 Å². The standard InChI is InChI=1S/C12H13Cl2N3O2S2/c1-15-4-8-2-12(11(14)3-10(8)13)21(18,19)17-6-9-5-16-7-20-9/h2-3,5,7,15,17H,4,6H2,1H3. The van der Waals surface area contributed by atoms with E-state index in [1.807, 2.05) is 0 Å². The van der Waals surface area contributed by atoms with Gasteiger partial charge in [0.15, 0.2) is 0 Å². The highest BCUT2D eigenvalue weighted by molar-refractivity contribution is 7.89. The first kappa shape index (κ1) is 16.7. The minimum absolute atomic E-state index is 0.0170. The summed E-state index contributed by atoms with van der Waals surface area (Å²) in [4.78, 5) is 4.73. The van der Waals surface area contributed by atoms with Crippen LogP contribution in [0.5, 0.6) is 0 Å². The maximum atomic E-state index is 12.3. The minimum Gasteiger partial charge on any atom is -0.316 e. The number of aromatic nitrogens is 1. The van der Waals surface area contributed by atoms with Gasteiger partial charge < -0.3 is 5.32 Å². The molecule has 2 aromatic rings. The minimum atomic E-state index is -3.71. The number of hydrogen-bond donors (Lipinski definition) is 2.